The van der Waals surface area contributed by atoms with Gasteiger partial charge in [0.05, 0.1) is 24.2 Å². The van der Waals surface area contributed by atoms with Gasteiger partial charge in [0.15, 0.2) is 17.5 Å². The van der Waals surface area contributed by atoms with Gasteiger partial charge in [-0.1, -0.05) is 30.3 Å². The molecular weight excluding hydrogens is 416 g/mol. The monoisotopic (exact) mass is 441 g/mol. The first kappa shape index (κ1) is 23.0. The fourth-order valence-corrected chi connectivity index (χ4v) is 2.59. The van der Waals surface area contributed by atoms with Crippen molar-refractivity contribution in [2.24, 2.45) is 16.5 Å². The zero-order valence-corrected chi connectivity index (χ0v) is 17.8. The van der Waals surface area contributed by atoms with Crippen molar-refractivity contribution in [3.8, 4) is 0 Å². The van der Waals surface area contributed by atoms with E-state index in [1.165, 1.54) is 18.4 Å². The van der Waals surface area contributed by atoms with Gasteiger partial charge in [-0.15, -0.1) is 0 Å². The fourth-order valence-electron chi connectivity index (χ4n) is 2.59. The smallest absolute Gasteiger partial charge is 0.183 e. The third kappa shape index (κ3) is 5.94. The average Bonchev–Trinajstić information content (AvgIpc) is 3.32. The molecule has 2 heterocycles. The number of benzene rings is 1. The van der Waals surface area contributed by atoms with Crippen molar-refractivity contribution in [3.63, 3.8) is 0 Å². The zero-order chi connectivity index (χ0) is 23.1. The van der Waals surface area contributed by atoms with Gasteiger partial charge in [0.25, 0.3) is 0 Å². The van der Waals surface area contributed by atoms with Crippen LogP contribution in [0.2, 0.25) is 0 Å². The van der Waals surface area contributed by atoms with Crippen LogP contribution in [-0.4, -0.2) is 32.9 Å². The lowest BCUT2D eigenvalue weighted by Gasteiger charge is -2.23. The second-order valence-corrected chi connectivity index (χ2v) is 7.53. The van der Waals surface area contributed by atoms with Crippen LogP contribution in [0.15, 0.2) is 58.4 Å². The number of hydrogen-bond acceptors (Lipinski definition) is 8. The summed E-state index contributed by atoms with van der Waals surface area (Å²) in [4.78, 5) is 12.6. The summed E-state index contributed by atoms with van der Waals surface area (Å²) in [6.07, 6.45) is 4.58. The van der Waals surface area contributed by atoms with Crippen LogP contribution in [0.1, 0.15) is 37.4 Å². The normalized spacial score (nSPS) is 14.3. The molecule has 2 aromatic heterocycles. The van der Waals surface area contributed by atoms with Crippen molar-refractivity contribution in [2.75, 3.05) is 11.9 Å². The molecule has 168 valence electrons. The lowest BCUT2D eigenvalue weighted by Crippen LogP contribution is -2.42. The van der Waals surface area contributed by atoms with Crippen LogP contribution in [0.4, 0.5) is 14.6 Å². The Balaban J connectivity index is 1.89. The molecule has 0 fully saturated rings. The number of hydrogen-bond donors (Lipinski definition) is 3. The van der Waals surface area contributed by atoms with Crippen LogP contribution in [0.5, 0.6) is 0 Å². The van der Waals surface area contributed by atoms with Gasteiger partial charge in [-0.05, 0) is 25.5 Å². The second kappa shape index (κ2) is 10.1. The van der Waals surface area contributed by atoms with Crippen molar-refractivity contribution in [2.45, 2.75) is 32.4 Å². The van der Waals surface area contributed by atoms with Crippen LogP contribution >= 0.6 is 0 Å². The summed E-state index contributed by atoms with van der Waals surface area (Å²) in [5, 5.41) is 6.77. The first-order valence-corrected chi connectivity index (χ1v) is 10.0. The Hall–Kier alpha value is -3.66. The predicted octanol–water partition coefficient (Wildman–Crippen LogP) is 3.27. The molecular formula is C22H25F2N7O. The van der Waals surface area contributed by atoms with Crippen LogP contribution in [-0.2, 0) is 6.54 Å². The van der Waals surface area contributed by atoms with Gasteiger partial charge in [-0.2, -0.15) is 0 Å². The molecule has 3 rings (SSSR count). The maximum atomic E-state index is 14.2. The van der Waals surface area contributed by atoms with Gasteiger partial charge in [-0.25, -0.2) is 18.7 Å². The molecule has 0 aliphatic carbocycles. The number of aliphatic imine (C=N–C) groups is 1. The molecule has 1 unspecified atom stereocenters. The van der Waals surface area contributed by atoms with Crippen LogP contribution in [0.3, 0.4) is 0 Å². The van der Waals surface area contributed by atoms with Gasteiger partial charge in [0.1, 0.15) is 17.8 Å². The number of rotatable bonds is 9. The van der Waals surface area contributed by atoms with Crippen molar-refractivity contribution in [1.29, 1.82) is 0 Å². The molecule has 0 aliphatic rings. The SMILES string of the molecule is CCC(C)(N)CNc1nc(C(N)=CC(=NCc2ccccc2F)c2ccon2)ncc1F. The molecule has 0 spiro atoms. The van der Waals surface area contributed by atoms with Crippen LogP contribution in [0, 0.1) is 11.6 Å². The van der Waals surface area contributed by atoms with Crippen molar-refractivity contribution in [3.05, 3.63) is 77.6 Å². The van der Waals surface area contributed by atoms with Crippen LogP contribution in [0.25, 0.3) is 5.70 Å². The summed E-state index contributed by atoms with van der Waals surface area (Å²) in [6.45, 7) is 4.16. The summed E-state index contributed by atoms with van der Waals surface area (Å²) in [5.41, 5.74) is 13.0. The largest absolute Gasteiger partial charge is 0.396 e. The molecule has 1 aromatic carbocycles. The van der Waals surface area contributed by atoms with Gasteiger partial charge in [-0.3, -0.25) is 4.99 Å². The summed E-state index contributed by atoms with van der Waals surface area (Å²) in [7, 11) is 0. The van der Waals surface area contributed by atoms with Crippen molar-refractivity contribution in [1.82, 2.24) is 15.1 Å². The van der Waals surface area contributed by atoms with E-state index in [2.05, 4.69) is 25.4 Å². The highest BCUT2D eigenvalue weighted by Gasteiger charge is 2.17. The van der Waals surface area contributed by atoms with E-state index in [-0.39, 0.29) is 29.7 Å². The Bertz CT molecular complexity index is 1110. The topological polar surface area (TPSA) is 128 Å². The van der Waals surface area contributed by atoms with E-state index in [4.69, 9.17) is 16.0 Å². The third-order valence-corrected chi connectivity index (χ3v) is 4.84. The minimum Gasteiger partial charge on any atom is -0.396 e. The predicted molar refractivity (Wildman–Crippen MR) is 119 cm³/mol. The summed E-state index contributed by atoms with van der Waals surface area (Å²) in [6, 6.07) is 7.91. The number of allylic oxidation sites excluding steroid dienone is 1. The third-order valence-electron chi connectivity index (χ3n) is 4.84. The Labute approximate surface area is 184 Å². The summed E-state index contributed by atoms with van der Waals surface area (Å²) >= 11 is 0. The van der Waals surface area contributed by atoms with E-state index in [0.29, 0.717) is 29.9 Å². The van der Waals surface area contributed by atoms with E-state index in [9.17, 15) is 8.78 Å². The minimum absolute atomic E-state index is 0.0113. The quantitative estimate of drug-likeness (QED) is 0.435. The molecule has 10 heteroatoms. The molecule has 0 aliphatic heterocycles. The Morgan fingerprint density at radius 1 is 1.25 bits per heavy atom. The molecule has 0 amide bonds. The molecule has 5 N–H and O–H groups in total. The first-order valence-electron chi connectivity index (χ1n) is 10.0. The maximum Gasteiger partial charge on any atom is 0.183 e. The first-order chi connectivity index (χ1) is 15.3. The standard InChI is InChI=1S/C22H25F2N7O/c1-3-22(2,26)13-29-20-16(24)12-28-21(30-20)17(25)10-19(18-8-9-32-31-18)27-11-14-6-4-5-7-15(14)23/h4-10,12H,3,11,13,25-26H2,1-2H3,(H,28,29,30). The van der Waals surface area contributed by atoms with Crippen molar-refractivity contribution >= 4 is 17.2 Å². The van der Waals surface area contributed by atoms with E-state index < -0.39 is 11.4 Å². The van der Waals surface area contributed by atoms with Gasteiger partial charge in [0.2, 0.25) is 0 Å². The van der Waals surface area contributed by atoms with E-state index in [1.54, 1.807) is 24.3 Å². The van der Waals surface area contributed by atoms with Crippen molar-refractivity contribution < 1.29 is 13.3 Å². The zero-order valence-electron chi connectivity index (χ0n) is 17.8. The maximum absolute atomic E-state index is 14.2. The van der Waals surface area contributed by atoms with Gasteiger partial charge in [0, 0.05) is 23.7 Å². The highest BCUT2D eigenvalue weighted by molar-refractivity contribution is 6.10. The summed E-state index contributed by atoms with van der Waals surface area (Å²) < 4.78 is 33.0. The fraction of sp³-hybridized carbons (Fsp3) is 0.273. The van der Waals surface area contributed by atoms with Gasteiger partial charge < -0.3 is 21.3 Å². The average molecular weight is 441 g/mol. The second-order valence-electron chi connectivity index (χ2n) is 7.53. The number of halogens is 2. The highest BCUT2D eigenvalue weighted by atomic mass is 19.1. The molecule has 0 saturated heterocycles. The Kier molecular flexibility index (Phi) is 7.26. The van der Waals surface area contributed by atoms with Gasteiger partial charge >= 0.3 is 0 Å². The Morgan fingerprint density at radius 3 is 2.72 bits per heavy atom. The number of nitrogens with one attached hydrogen (secondary N) is 1. The highest BCUT2D eigenvalue weighted by Crippen LogP contribution is 2.16. The molecule has 3 aromatic rings. The minimum atomic E-state index is -0.626. The number of nitrogens with zero attached hydrogens (tertiary/aromatic N) is 4. The summed E-state index contributed by atoms with van der Waals surface area (Å²) in [5.74, 6) is -0.920. The van der Waals surface area contributed by atoms with E-state index in [1.807, 2.05) is 13.8 Å². The van der Waals surface area contributed by atoms with Crippen LogP contribution < -0.4 is 16.8 Å². The molecule has 0 radical (unpaired) electrons. The molecule has 8 nitrogen and oxygen atoms in total. The number of nitrogens with two attached hydrogens (primary N) is 2. The van der Waals surface area contributed by atoms with E-state index >= 15 is 0 Å². The number of anilines is 1. The lowest BCUT2D eigenvalue weighted by atomic mass is 10.0. The lowest BCUT2D eigenvalue weighted by molar-refractivity contribution is 0.418. The number of aromatic nitrogens is 3. The Morgan fingerprint density at radius 2 is 2.03 bits per heavy atom. The molecule has 32 heavy (non-hydrogen) atoms. The molecule has 0 saturated carbocycles. The molecule has 0 bridgehead atoms. The molecule has 1 atom stereocenters. The van der Waals surface area contributed by atoms with E-state index in [0.717, 1.165) is 6.20 Å².